The van der Waals surface area contributed by atoms with Crippen LogP contribution in [0.3, 0.4) is 0 Å². The van der Waals surface area contributed by atoms with Gasteiger partial charge in [-0.25, -0.2) is 0 Å². The average Bonchev–Trinajstić information content (AvgIpc) is 2.78. The highest BCUT2D eigenvalue weighted by Crippen LogP contribution is 2.35. The van der Waals surface area contributed by atoms with E-state index in [1.165, 1.54) is 18.2 Å². The molecule has 2 heterocycles. The molecule has 0 unspecified atom stereocenters. The van der Waals surface area contributed by atoms with E-state index >= 15 is 0 Å². The van der Waals surface area contributed by atoms with Crippen LogP contribution in [0.15, 0.2) is 42.5 Å². The summed E-state index contributed by atoms with van der Waals surface area (Å²) in [5.74, 6) is 0.516. The van der Waals surface area contributed by atoms with Crippen molar-refractivity contribution in [3.8, 4) is 11.5 Å². The van der Waals surface area contributed by atoms with Crippen LogP contribution in [0.4, 0.5) is 18.9 Å². The highest BCUT2D eigenvalue weighted by atomic mass is 19.4. The van der Waals surface area contributed by atoms with Gasteiger partial charge in [0.1, 0.15) is 13.2 Å². The summed E-state index contributed by atoms with van der Waals surface area (Å²) in [4.78, 5) is 27.1. The van der Waals surface area contributed by atoms with Crippen molar-refractivity contribution in [2.45, 2.75) is 19.0 Å². The highest BCUT2D eigenvalue weighted by molar-refractivity contribution is 5.98. The molecule has 1 saturated heterocycles. The zero-order valence-corrected chi connectivity index (χ0v) is 17.3. The Bertz CT molecular complexity index is 1000. The van der Waals surface area contributed by atoms with Crippen LogP contribution in [-0.4, -0.2) is 49.4 Å². The molecule has 2 aromatic rings. The molecular weight excluding hydrogens is 425 g/mol. The topological polar surface area (TPSA) is 67.9 Å². The van der Waals surface area contributed by atoms with Gasteiger partial charge in [0.15, 0.2) is 17.3 Å². The molecule has 0 radical (unpaired) electrons. The van der Waals surface area contributed by atoms with Crippen LogP contribution in [0.1, 0.15) is 28.8 Å². The van der Waals surface area contributed by atoms with Crippen molar-refractivity contribution in [2.24, 2.45) is 5.92 Å². The SMILES string of the molecule is O=C(CN1CCC(C(=O)c2ccc3c(c2)OCCO3)CC1)Nc1ccccc1C(F)(F)F. The number of carbonyl (C=O) groups is 2. The average molecular weight is 448 g/mol. The van der Waals surface area contributed by atoms with Gasteiger partial charge in [0, 0.05) is 11.5 Å². The molecule has 1 N–H and O–H groups in total. The fraction of sp³-hybridized carbons (Fsp3) is 0.391. The predicted molar refractivity (Wildman–Crippen MR) is 111 cm³/mol. The van der Waals surface area contributed by atoms with Gasteiger partial charge in [-0.3, -0.25) is 14.5 Å². The maximum atomic E-state index is 13.1. The number of fused-ring (bicyclic) bond motifs is 1. The van der Waals surface area contributed by atoms with Gasteiger partial charge >= 0.3 is 6.18 Å². The van der Waals surface area contributed by atoms with Crippen LogP contribution < -0.4 is 14.8 Å². The normalized spacial score (nSPS) is 17.1. The maximum Gasteiger partial charge on any atom is 0.418 e. The van der Waals surface area contributed by atoms with Crippen LogP contribution in [0.5, 0.6) is 11.5 Å². The Labute approximate surface area is 183 Å². The molecule has 0 spiro atoms. The van der Waals surface area contributed by atoms with Gasteiger partial charge in [-0.05, 0) is 56.3 Å². The van der Waals surface area contributed by atoms with Gasteiger partial charge in [-0.15, -0.1) is 0 Å². The number of nitrogens with zero attached hydrogens (tertiary/aromatic N) is 1. The minimum absolute atomic E-state index is 0.0187. The van der Waals surface area contributed by atoms with Crippen molar-refractivity contribution in [1.29, 1.82) is 0 Å². The number of ketones is 1. The molecule has 1 amide bonds. The number of anilines is 1. The first-order valence-electron chi connectivity index (χ1n) is 10.4. The van der Waals surface area contributed by atoms with E-state index in [1.54, 1.807) is 18.2 Å². The Hall–Kier alpha value is -3.07. The predicted octanol–water partition coefficient (Wildman–Crippen LogP) is 4.01. The smallest absolute Gasteiger partial charge is 0.418 e. The zero-order valence-electron chi connectivity index (χ0n) is 17.3. The lowest BCUT2D eigenvalue weighted by atomic mass is 9.88. The maximum absolute atomic E-state index is 13.1. The summed E-state index contributed by atoms with van der Waals surface area (Å²) in [5, 5.41) is 2.36. The summed E-state index contributed by atoms with van der Waals surface area (Å²) in [5.41, 5.74) is -0.569. The third kappa shape index (κ3) is 5.04. The van der Waals surface area contributed by atoms with Gasteiger partial charge in [-0.2, -0.15) is 13.2 Å². The highest BCUT2D eigenvalue weighted by Gasteiger charge is 2.34. The lowest BCUT2D eigenvalue weighted by molar-refractivity contribution is -0.137. The molecule has 0 bridgehead atoms. The molecule has 32 heavy (non-hydrogen) atoms. The monoisotopic (exact) mass is 448 g/mol. The number of hydrogen-bond acceptors (Lipinski definition) is 5. The fourth-order valence-corrected chi connectivity index (χ4v) is 4.02. The van der Waals surface area contributed by atoms with Crippen molar-refractivity contribution in [2.75, 3.05) is 38.2 Å². The number of piperidine rings is 1. The summed E-state index contributed by atoms with van der Waals surface area (Å²) in [6, 6.07) is 10.1. The third-order valence-corrected chi connectivity index (χ3v) is 5.66. The van der Waals surface area contributed by atoms with E-state index < -0.39 is 17.6 Å². The van der Waals surface area contributed by atoms with E-state index in [-0.39, 0.29) is 23.9 Å². The molecule has 1 fully saturated rings. The van der Waals surface area contributed by atoms with Crippen LogP contribution in [0.25, 0.3) is 0 Å². The molecule has 9 heteroatoms. The molecule has 0 aromatic heterocycles. The Morgan fingerprint density at radius 1 is 1.00 bits per heavy atom. The van der Waals surface area contributed by atoms with E-state index in [0.717, 1.165) is 6.07 Å². The Balaban J connectivity index is 1.31. The van der Waals surface area contributed by atoms with Gasteiger partial charge in [0.2, 0.25) is 5.91 Å². The number of benzene rings is 2. The molecular formula is C23H23F3N2O4. The van der Waals surface area contributed by atoms with Gasteiger partial charge in [0.25, 0.3) is 0 Å². The quantitative estimate of drug-likeness (QED) is 0.701. The molecule has 170 valence electrons. The Kier molecular flexibility index (Phi) is 6.36. The largest absolute Gasteiger partial charge is 0.486 e. The van der Waals surface area contributed by atoms with E-state index in [9.17, 15) is 22.8 Å². The Morgan fingerprint density at radius 2 is 1.69 bits per heavy atom. The Morgan fingerprint density at radius 3 is 2.41 bits per heavy atom. The van der Waals surface area contributed by atoms with Crippen LogP contribution >= 0.6 is 0 Å². The number of halogens is 3. The molecule has 4 rings (SSSR count). The number of amides is 1. The van der Waals surface area contributed by atoms with Gasteiger partial charge < -0.3 is 14.8 Å². The van der Waals surface area contributed by atoms with Crippen molar-refractivity contribution in [3.63, 3.8) is 0 Å². The number of hydrogen-bond donors (Lipinski definition) is 1. The molecule has 0 aliphatic carbocycles. The van der Waals surface area contributed by atoms with Crippen molar-refractivity contribution in [3.05, 3.63) is 53.6 Å². The minimum atomic E-state index is -4.55. The standard InChI is InChI=1S/C23H23F3N2O4/c24-23(25,26)17-3-1-2-4-18(17)27-21(29)14-28-9-7-15(8-10-28)22(30)16-5-6-19-20(13-16)32-12-11-31-19/h1-6,13,15H,7-12,14H2,(H,27,29). The minimum Gasteiger partial charge on any atom is -0.486 e. The molecule has 2 aliphatic heterocycles. The summed E-state index contributed by atoms with van der Waals surface area (Å²) >= 11 is 0. The van der Waals surface area contributed by atoms with E-state index in [4.69, 9.17) is 9.47 Å². The molecule has 2 aromatic carbocycles. The number of likely N-dealkylation sites (tertiary alicyclic amines) is 1. The molecule has 2 aliphatic rings. The van der Waals surface area contributed by atoms with Crippen molar-refractivity contribution in [1.82, 2.24) is 4.90 Å². The van der Waals surface area contributed by atoms with Crippen molar-refractivity contribution >= 4 is 17.4 Å². The molecule has 6 nitrogen and oxygen atoms in total. The lowest BCUT2D eigenvalue weighted by Crippen LogP contribution is -2.41. The van der Waals surface area contributed by atoms with E-state index in [2.05, 4.69) is 5.32 Å². The fourth-order valence-electron chi connectivity index (χ4n) is 4.02. The summed E-state index contributed by atoms with van der Waals surface area (Å²) in [7, 11) is 0. The summed E-state index contributed by atoms with van der Waals surface area (Å²) in [6.07, 6.45) is -3.41. The van der Waals surface area contributed by atoms with Crippen LogP contribution in [0.2, 0.25) is 0 Å². The second kappa shape index (κ2) is 9.20. The molecule has 0 atom stereocenters. The molecule has 0 saturated carbocycles. The number of carbonyl (C=O) groups excluding carboxylic acids is 2. The number of alkyl halides is 3. The first-order chi connectivity index (χ1) is 15.3. The number of Topliss-reactive ketones (excluding diaryl/α,β-unsaturated/α-hetero) is 1. The zero-order chi connectivity index (χ0) is 22.7. The van der Waals surface area contributed by atoms with E-state index in [0.29, 0.717) is 56.2 Å². The van der Waals surface area contributed by atoms with E-state index in [1.807, 2.05) is 4.90 Å². The number of ether oxygens (including phenoxy) is 2. The number of nitrogens with one attached hydrogen (secondary N) is 1. The number of para-hydroxylation sites is 1. The first-order valence-corrected chi connectivity index (χ1v) is 10.4. The summed E-state index contributed by atoms with van der Waals surface area (Å²) < 4.78 is 50.3. The number of rotatable bonds is 5. The summed E-state index contributed by atoms with van der Waals surface area (Å²) in [6.45, 7) is 1.91. The lowest BCUT2D eigenvalue weighted by Gasteiger charge is -2.31. The van der Waals surface area contributed by atoms with Crippen molar-refractivity contribution < 1.29 is 32.2 Å². The first kappa shape index (κ1) is 22.1. The van der Waals surface area contributed by atoms with Crippen LogP contribution in [0, 0.1) is 5.92 Å². The van der Waals surface area contributed by atoms with Crippen LogP contribution in [-0.2, 0) is 11.0 Å². The third-order valence-electron chi connectivity index (χ3n) is 5.66. The second-order valence-corrected chi connectivity index (χ2v) is 7.86. The second-order valence-electron chi connectivity index (χ2n) is 7.86. The van der Waals surface area contributed by atoms with Gasteiger partial charge in [0.05, 0.1) is 17.8 Å². The van der Waals surface area contributed by atoms with Gasteiger partial charge in [-0.1, -0.05) is 12.1 Å².